The predicted octanol–water partition coefficient (Wildman–Crippen LogP) is 6.02. The van der Waals surface area contributed by atoms with Crippen LogP contribution in [-0.4, -0.2) is 10.8 Å². The predicted molar refractivity (Wildman–Crippen MR) is 114 cm³/mol. The van der Waals surface area contributed by atoms with Crippen molar-refractivity contribution in [1.82, 2.24) is 0 Å². The average Bonchev–Trinajstić information content (AvgIpc) is 3.17. The first-order chi connectivity index (χ1) is 14.3. The lowest BCUT2D eigenvalue weighted by molar-refractivity contribution is -0.384. The number of hydrogen-bond donors (Lipinski definition) is 1. The standard InChI is InChI=1S/C21H13Cl2N3O4/c1-12-3-2-4-17(23)20(12)25-21(27)13(11-24)9-15-6-8-19(30-15)16-7-5-14(22)10-18(16)26(28)29/h2-10H,1H3,(H,25,27)/b13-9+. The van der Waals surface area contributed by atoms with Gasteiger partial charge in [0.25, 0.3) is 11.6 Å². The number of rotatable bonds is 5. The molecule has 1 aromatic heterocycles. The third-order valence-corrected chi connectivity index (χ3v) is 4.71. The van der Waals surface area contributed by atoms with Crippen molar-refractivity contribution in [3.05, 3.63) is 85.6 Å². The van der Waals surface area contributed by atoms with Gasteiger partial charge >= 0.3 is 0 Å². The number of benzene rings is 2. The zero-order chi connectivity index (χ0) is 21.8. The number of nitrogens with zero attached hydrogens (tertiary/aromatic N) is 2. The number of para-hydroxylation sites is 1. The smallest absolute Gasteiger partial charge is 0.281 e. The second kappa shape index (κ2) is 8.82. The molecule has 2 aromatic carbocycles. The summed E-state index contributed by atoms with van der Waals surface area (Å²) < 4.78 is 5.60. The van der Waals surface area contributed by atoms with Crippen LogP contribution in [-0.2, 0) is 4.79 Å². The number of nitro benzene ring substituents is 1. The van der Waals surface area contributed by atoms with Gasteiger partial charge in [0.2, 0.25) is 0 Å². The van der Waals surface area contributed by atoms with Crippen molar-refractivity contribution in [2.24, 2.45) is 0 Å². The van der Waals surface area contributed by atoms with E-state index in [0.29, 0.717) is 10.7 Å². The van der Waals surface area contributed by atoms with Crippen molar-refractivity contribution >= 4 is 46.6 Å². The number of halogens is 2. The number of nitriles is 1. The van der Waals surface area contributed by atoms with Gasteiger partial charge in [0.05, 0.1) is 21.2 Å². The molecule has 0 aliphatic rings. The van der Waals surface area contributed by atoms with E-state index in [-0.39, 0.29) is 33.4 Å². The molecule has 0 radical (unpaired) electrons. The molecular formula is C21H13Cl2N3O4. The minimum atomic E-state index is -0.663. The first-order valence-corrected chi connectivity index (χ1v) is 9.28. The fraction of sp³-hybridized carbons (Fsp3) is 0.0476. The molecule has 0 aliphatic carbocycles. The highest BCUT2D eigenvalue weighted by atomic mass is 35.5. The van der Waals surface area contributed by atoms with Crippen LogP contribution in [0.25, 0.3) is 17.4 Å². The van der Waals surface area contributed by atoms with Crippen LogP contribution in [0.4, 0.5) is 11.4 Å². The molecule has 0 saturated heterocycles. The molecular weight excluding hydrogens is 429 g/mol. The minimum Gasteiger partial charge on any atom is -0.456 e. The molecule has 3 aromatic rings. The lowest BCUT2D eigenvalue weighted by atomic mass is 10.1. The van der Waals surface area contributed by atoms with Gasteiger partial charge in [0.15, 0.2) is 0 Å². The SMILES string of the molecule is Cc1cccc(Cl)c1NC(=O)/C(C#N)=C/c1ccc(-c2ccc(Cl)cc2[N+](=O)[O-])o1. The number of aryl methyl sites for hydroxylation is 1. The summed E-state index contributed by atoms with van der Waals surface area (Å²) in [5.41, 5.74) is 0.921. The normalized spacial score (nSPS) is 11.1. The number of anilines is 1. The average molecular weight is 442 g/mol. The Morgan fingerprint density at radius 3 is 2.67 bits per heavy atom. The van der Waals surface area contributed by atoms with E-state index in [1.54, 1.807) is 25.1 Å². The summed E-state index contributed by atoms with van der Waals surface area (Å²) in [6, 6.07) is 14.1. The summed E-state index contributed by atoms with van der Waals surface area (Å²) in [6.45, 7) is 1.77. The quantitative estimate of drug-likeness (QED) is 0.225. The summed E-state index contributed by atoms with van der Waals surface area (Å²) in [4.78, 5) is 23.2. The van der Waals surface area contributed by atoms with Crippen LogP contribution < -0.4 is 5.32 Å². The summed E-state index contributed by atoms with van der Waals surface area (Å²) in [7, 11) is 0. The number of hydrogen-bond acceptors (Lipinski definition) is 5. The van der Waals surface area contributed by atoms with Crippen LogP contribution in [0.5, 0.6) is 0 Å². The van der Waals surface area contributed by atoms with Gasteiger partial charge in [-0.25, -0.2) is 0 Å². The van der Waals surface area contributed by atoms with E-state index in [2.05, 4.69) is 5.32 Å². The molecule has 7 nitrogen and oxygen atoms in total. The maximum Gasteiger partial charge on any atom is 0.281 e. The maximum atomic E-state index is 12.5. The Hall–Kier alpha value is -3.60. The third-order valence-electron chi connectivity index (χ3n) is 4.16. The summed E-state index contributed by atoms with van der Waals surface area (Å²) >= 11 is 11.9. The Labute approximate surface area is 181 Å². The molecule has 3 rings (SSSR count). The lowest BCUT2D eigenvalue weighted by Crippen LogP contribution is -2.14. The van der Waals surface area contributed by atoms with E-state index in [0.717, 1.165) is 5.56 Å². The lowest BCUT2D eigenvalue weighted by Gasteiger charge is -2.09. The second-order valence-corrected chi connectivity index (χ2v) is 7.02. The molecule has 0 fully saturated rings. The molecule has 30 heavy (non-hydrogen) atoms. The van der Waals surface area contributed by atoms with Gasteiger partial charge < -0.3 is 9.73 Å². The fourth-order valence-electron chi connectivity index (χ4n) is 2.70. The van der Waals surface area contributed by atoms with Gasteiger partial charge in [-0.1, -0.05) is 35.3 Å². The highest BCUT2D eigenvalue weighted by molar-refractivity contribution is 6.34. The topological polar surface area (TPSA) is 109 Å². The van der Waals surface area contributed by atoms with E-state index < -0.39 is 10.8 Å². The molecule has 1 amide bonds. The van der Waals surface area contributed by atoms with Gasteiger partial charge in [0.1, 0.15) is 23.2 Å². The van der Waals surface area contributed by atoms with Crippen molar-refractivity contribution in [3.8, 4) is 17.4 Å². The Balaban J connectivity index is 1.90. The van der Waals surface area contributed by atoms with Gasteiger partial charge in [-0.3, -0.25) is 14.9 Å². The van der Waals surface area contributed by atoms with Crippen molar-refractivity contribution in [3.63, 3.8) is 0 Å². The Morgan fingerprint density at radius 1 is 1.23 bits per heavy atom. The van der Waals surface area contributed by atoms with E-state index in [9.17, 15) is 20.2 Å². The number of amides is 1. The molecule has 0 atom stereocenters. The Bertz CT molecular complexity index is 1200. The van der Waals surface area contributed by atoms with Crippen molar-refractivity contribution in [2.45, 2.75) is 6.92 Å². The fourth-order valence-corrected chi connectivity index (χ4v) is 3.14. The summed E-state index contributed by atoms with van der Waals surface area (Å²) in [5.74, 6) is -0.287. The van der Waals surface area contributed by atoms with Gasteiger partial charge in [-0.2, -0.15) is 5.26 Å². The first kappa shape index (κ1) is 21.1. The number of carbonyl (C=O) groups is 1. The first-order valence-electron chi connectivity index (χ1n) is 8.52. The van der Waals surface area contributed by atoms with Crippen LogP contribution in [0, 0.1) is 28.4 Å². The summed E-state index contributed by atoms with van der Waals surface area (Å²) in [5, 5.41) is 23.8. The number of nitrogens with one attached hydrogen (secondary N) is 1. The number of nitro groups is 1. The van der Waals surface area contributed by atoms with Gasteiger partial charge in [-0.15, -0.1) is 0 Å². The molecule has 0 spiro atoms. The minimum absolute atomic E-state index is 0.178. The number of furan rings is 1. The zero-order valence-electron chi connectivity index (χ0n) is 15.5. The van der Waals surface area contributed by atoms with Crippen LogP contribution in [0.15, 0.2) is 58.5 Å². The van der Waals surface area contributed by atoms with E-state index in [1.807, 2.05) is 6.07 Å². The molecule has 0 aliphatic heterocycles. The van der Waals surface area contributed by atoms with E-state index >= 15 is 0 Å². The van der Waals surface area contributed by atoms with Crippen molar-refractivity contribution in [2.75, 3.05) is 5.32 Å². The van der Waals surface area contributed by atoms with Gasteiger partial charge in [-0.05, 0) is 42.8 Å². The van der Waals surface area contributed by atoms with Crippen molar-refractivity contribution in [1.29, 1.82) is 5.26 Å². The maximum absolute atomic E-state index is 12.5. The summed E-state index contributed by atoms with van der Waals surface area (Å²) in [6.07, 6.45) is 1.24. The number of carbonyl (C=O) groups excluding carboxylic acids is 1. The monoisotopic (exact) mass is 441 g/mol. The zero-order valence-corrected chi connectivity index (χ0v) is 17.0. The third kappa shape index (κ3) is 4.51. The van der Waals surface area contributed by atoms with Crippen LogP contribution in [0.3, 0.4) is 0 Å². The van der Waals surface area contributed by atoms with E-state index in [1.165, 1.54) is 36.4 Å². The van der Waals surface area contributed by atoms with E-state index in [4.69, 9.17) is 27.6 Å². The van der Waals surface area contributed by atoms with Crippen LogP contribution >= 0.6 is 23.2 Å². The molecule has 1 heterocycles. The Morgan fingerprint density at radius 2 is 2.00 bits per heavy atom. The molecule has 0 bridgehead atoms. The highest BCUT2D eigenvalue weighted by Gasteiger charge is 2.19. The molecule has 150 valence electrons. The second-order valence-electron chi connectivity index (χ2n) is 6.18. The molecule has 9 heteroatoms. The van der Waals surface area contributed by atoms with Crippen LogP contribution in [0.1, 0.15) is 11.3 Å². The van der Waals surface area contributed by atoms with Gasteiger partial charge in [0, 0.05) is 17.2 Å². The Kier molecular flexibility index (Phi) is 6.21. The largest absolute Gasteiger partial charge is 0.456 e. The molecule has 1 N–H and O–H groups in total. The van der Waals surface area contributed by atoms with Crippen LogP contribution in [0.2, 0.25) is 10.0 Å². The molecule has 0 saturated carbocycles. The van der Waals surface area contributed by atoms with Crippen molar-refractivity contribution < 1.29 is 14.1 Å². The molecule has 0 unspecified atom stereocenters. The highest BCUT2D eigenvalue weighted by Crippen LogP contribution is 2.34.